The van der Waals surface area contributed by atoms with Gasteiger partial charge in [0.25, 0.3) is 0 Å². The van der Waals surface area contributed by atoms with E-state index in [-0.39, 0.29) is 12.0 Å². The van der Waals surface area contributed by atoms with Crippen LogP contribution in [0.15, 0.2) is 0 Å². The predicted octanol–water partition coefficient (Wildman–Crippen LogP) is 0.916. The van der Waals surface area contributed by atoms with E-state index in [9.17, 15) is 4.79 Å². The first-order valence-corrected chi connectivity index (χ1v) is 6.80. The van der Waals surface area contributed by atoms with Crippen LogP contribution >= 0.6 is 0 Å². The van der Waals surface area contributed by atoms with Crippen molar-refractivity contribution in [3.8, 4) is 0 Å². The minimum absolute atomic E-state index is 0.0458. The highest BCUT2D eigenvalue weighted by Crippen LogP contribution is 2.26. The first-order valence-electron chi connectivity index (χ1n) is 6.80. The molecule has 1 saturated heterocycles. The summed E-state index contributed by atoms with van der Waals surface area (Å²) in [5.74, 6) is -0.587. The molecule has 0 aromatic rings. The largest absolute Gasteiger partial charge is 0.352 e. The van der Waals surface area contributed by atoms with Gasteiger partial charge in [0.05, 0.1) is 12.1 Å². The Bertz CT molecular complexity index is 311. The van der Waals surface area contributed by atoms with Crippen LogP contribution in [-0.2, 0) is 14.3 Å². The number of hydrogen-bond acceptors (Lipinski definition) is 4. The van der Waals surface area contributed by atoms with Gasteiger partial charge < -0.3 is 20.5 Å². The van der Waals surface area contributed by atoms with E-state index in [1.165, 1.54) is 6.42 Å². The molecular formula is C13H24N2O3. The van der Waals surface area contributed by atoms with Crippen molar-refractivity contribution in [2.75, 3.05) is 13.2 Å². The Hall–Kier alpha value is -0.650. The molecule has 104 valence electrons. The lowest BCUT2D eigenvalue weighted by Crippen LogP contribution is -2.56. The van der Waals surface area contributed by atoms with Crippen LogP contribution in [0.1, 0.15) is 46.0 Å². The highest BCUT2D eigenvalue weighted by molar-refractivity contribution is 5.86. The molecule has 1 aliphatic carbocycles. The van der Waals surface area contributed by atoms with Crippen molar-refractivity contribution < 1.29 is 14.3 Å². The van der Waals surface area contributed by atoms with Gasteiger partial charge in [-0.25, -0.2) is 0 Å². The van der Waals surface area contributed by atoms with Crippen LogP contribution in [0.3, 0.4) is 0 Å². The molecule has 2 aliphatic rings. The van der Waals surface area contributed by atoms with Crippen LogP contribution in [0.4, 0.5) is 0 Å². The van der Waals surface area contributed by atoms with Gasteiger partial charge in [0.2, 0.25) is 5.91 Å². The van der Waals surface area contributed by atoms with Gasteiger partial charge in [-0.2, -0.15) is 0 Å². The molecule has 1 atom stereocenters. The molecule has 0 aromatic carbocycles. The topological polar surface area (TPSA) is 73.6 Å². The summed E-state index contributed by atoms with van der Waals surface area (Å²) in [6, 6.07) is 0. The zero-order valence-corrected chi connectivity index (χ0v) is 11.3. The Labute approximate surface area is 108 Å². The molecule has 3 N–H and O–H groups in total. The van der Waals surface area contributed by atoms with Crippen LogP contribution in [0.5, 0.6) is 0 Å². The maximum absolute atomic E-state index is 12.1. The molecule has 5 heteroatoms. The standard InChI is InChI=1S/C13H24N2O3/c1-12(2)17-9-10(18-12)8-15-11(16)13(14)6-4-3-5-7-13/h10H,3-9,14H2,1-2H3,(H,15,16). The molecule has 1 amide bonds. The molecule has 2 rings (SSSR count). The van der Waals surface area contributed by atoms with E-state index >= 15 is 0 Å². The highest BCUT2D eigenvalue weighted by atomic mass is 16.7. The average Bonchev–Trinajstić information content (AvgIpc) is 2.67. The molecule has 0 radical (unpaired) electrons. The summed E-state index contributed by atoms with van der Waals surface area (Å²) in [5, 5.41) is 2.90. The maximum atomic E-state index is 12.1. The second-order valence-corrected chi connectivity index (χ2v) is 5.88. The van der Waals surface area contributed by atoms with Gasteiger partial charge in [0, 0.05) is 6.54 Å². The van der Waals surface area contributed by atoms with Gasteiger partial charge in [-0.05, 0) is 26.7 Å². The number of ether oxygens (including phenoxy) is 2. The average molecular weight is 256 g/mol. The van der Waals surface area contributed by atoms with Crippen molar-refractivity contribution in [1.82, 2.24) is 5.32 Å². The van der Waals surface area contributed by atoms with Gasteiger partial charge in [-0.15, -0.1) is 0 Å². The molecule has 1 aliphatic heterocycles. The first-order chi connectivity index (χ1) is 8.41. The number of nitrogens with one attached hydrogen (secondary N) is 1. The van der Waals surface area contributed by atoms with Crippen molar-refractivity contribution in [2.45, 2.75) is 63.4 Å². The van der Waals surface area contributed by atoms with E-state index in [0.29, 0.717) is 13.2 Å². The molecule has 1 unspecified atom stereocenters. The van der Waals surface area contributed by atoms with Crippen LogP contribution in [-0.4, -0.2) is 36.5 Å². The second-order valence-electron chi connectivity index (χ2n) is 5.88. The lowest BCUT2D eigenvalue weighted by molar-refractivity contribution is -0.140. The van der Waals surface area contributed by atoms with Crippen molar-refractivity contribution in [3.63, 3.8) is 0 Å². The summed E-state index contributed by atoms with van der Waals surface area (Å²) < 4.78 is 11.1. The summed E-state index contributed by atoms with van der Waals surface area (Å²) in [6.45, 7) is 4.74. The van der Waals surface area contributed by atoms with E-state index < -0.39 is 11.3 Å². The number of amides is 1. The molecule has 5 nitrogen and oxygen atoms in total. The lowest BCUT2D eigenvalue weighted by Gasteiger charge is -2.32. The second kappa shape index (κ2) is 5.15. The Morgan fingerprint density at radius 1 is 1.33 bits per heavy atom. The zero-order chi connectivity index (χ0) is 13.2. The summed E-state index contributed by atoms with van der Waals surface area (Å²) in [4.78, 5) is 12.1. The Morgan fingerprint density at radius 2 is 2.00 bits per heavy atom. The van der Waals surface area contributed by atoms with Crippen molar-refractivity contribution in [2.24, 2.45) is 5.73 Å². The Morgan fingerprint density at radius 3 is 2.56 bits per heavy atom. The van der Waals surface area contributed by atoms with Crippen molar-refractivity contribution >= 4 is 5.91 Å². The fourth-order valence-electron chi connectivity index (χ4n) is 2.66. The molecule has 2 fully saturated rings. The van der Waals surface area contributed by atoms with Gasteiger partial charge in [-0.3, -0.25) is 4.79 Å². The number of nitrogens with two attached hydrogens (primary N) is 1. The molecule has 0 bridgehead atoms. The summed E-state index contributed by atoms with van der Waals surface area (Å²) in [6.07, 6.45) is 4.76. The Kier molecular flexibility index (Phi) is 3.94. The van der Waals surface area contributed by atoms with Crippen LogP contribution in [0, 0.1) is 0 Å². The highest BCUT2D eigenvalue weighted by Gasteiger charge is 2.37. The monoisotopic (exact) mass is 256 g/mol. The minimum Gasteiger partial charge on any atom is -0.352 e. The molecule has 0 aromatic heterocycles. The lowest BCUT2D eigenvalue weighted by atomic mass is 9.82. The fraction of sp³-hybridized carbons (Fsp3) is 0.923. The number of hydrogen-bond donors (Lipinski definition) is 2. The van der Waals surface area contributed by atoms with Crippen LogP contribution < -0.4 is 11.1 Å². The number of carbonyl (C=O) groups is 1. The van der Waals surface area contributed by atoms with E-state index in [2.05, 4.69) is 5.32 Å². The molecular weight excluding hydrogens is 232 g/mol. The van der Waals surface area contributed by atoms with E-state index in [4.69, 9.17) is 15.2 Å². The van der Waals surface area contributed by atoms with E-state index in [0.717, 1.165) is 25.7 Å². The number of rotatable bonds is 3. The summed E-state index contributed by atoms with van der Waals surface area (Å²) in [7, 11) is 0. The van der Waals surface area contributed by atoms with Gasteiger partial charge in [0.15, 0.2) is 5.79 Å². The SMILES string of the molecule is CC1(C)OCC(CNC(=O)C2(N)CCCCC2)O1. The zero-order valence-electron chi connectivity index (χ0n) is 11.3. The van der Waals surface area contributed by atoms with E-state index in [1.54, 1.807) is 0 Å². The van der Waals surface area contributed by atoms with Crippen LogP contribution in [0.2, 0.25) is 0 Å². The molecule has 1 saturated carbocycles. The van der Waals surface area contributed by atoms with Crippen LogP contribution in [0.25, 0.3) is 0 Å². The third-order valence-electron chi connectivity index (χ3n) is 3.76. The summed E-state index contributed by atoms with van der Waals surface area (Å²) in [5.41, 5.74) is 5.48. The Balaban J connectivity index is 1.78. The predicted molar refractivity (Wildman–Crippen MR) is 67.9 cm³/mol. The van der Waals surface area contributed by atoms with Gasteiger partial charge >= 0.3 is 0 Å². The summed E-state index contributed by atoms with van der Waals surface area (Å²) >= 11 is 0. The third kappa shape index (κ3) is 3.22. The fourth-order valence-corrected chi connectivity index (χ4v) is 2.66. The molecule has 1 heterocycles. The number of carbonyl (C=O) groups excluding carboxylic acids is 1. The quantitative estimate of drug-likeness (QED) is 0.787. The van der Waals surface area contributed by atoms with Crippen molar-refractivity contribution in [3.05, 3.63) is 0 Å². The van der Waals surface area contributed by atoms with Gasteiger partial charge in [-0.1, -0.05) is 19.3 Å². The normalized spacial score (nSPS) is 30.1. The third-order valence-corrected chi connectivity index (χ3v) is 3.76. The molecule has 0 spiro atoms. The van der Waals surface area contributed by atoms with E-state index in [1.807, 2.05) is 13.8 Å². The molecule has 18 heavy (non-hydrogen) atoms. The van der Waals surface area contributed by atoms with Gasteiger partial charge in [0.1, 0.15) is 6.10 Å². The smallest absolute Gasteiger partial charge is 0.240 e. The van der Waals surface area contributed by atoms with Crippen molar-refractivity contribution in [1.29, 1.82) is 0 Å². The first kappa shape index (κ1) is 13.8. The maximum Gasteiger partial charge on any atom is 0.240 e. The minimum atomic E-state index is -0.673.